The molecule has 1 rings (SSSR count). The van der Waals surface area contributed by atoms with Crippen LogP contribution in [0.2, 0.25) is 0 Å². The first-order chi connectivity index (χ1) is 5.80. The van der Waals surface area contributed by atoms with Gasteiger partial charge in [0.05, 0.1) is 0 Å². The Morgan fingerprint density at radius 1 is 0.857 bits per heavy atom. The van der Waals surface area contributed by atoms with Crippen molar-refractivity contribution in [3.63, 3.8) is 0 Å². The average Bonchev–Trinajstić information content (AvgIpc) is 2.16. The topological polar surface area (TPSA) is 25.8 Å². The van der Waals surface area contributed by atoms with Crippen LogP contribution >= 0.6 is 0 Å². The molecule has 1 aromatic rings. The van der Waals surface area contributed by atoms with Gasteiger partial charge in [-0.1, -0.05) is 35.6 Å². The van der Waals surface area contributed by atoms with Crippen molar-refractivity contribution in [3.05, 3.63) is 23.3 Å². The van der Waals surface area contributed by atoms with Crippen molar-refractivity contribution >= 4 is 0 Å². The first-order valence-corrected chi connectivity index (χ1v) is 4.65. The van der Waals surface area contributed by atoms with E-state index in [4.69, 9.17) is 0 Å². The Morgan fingerprint density at radius 3 is 1.57 bits per heavy atom. The summed E-state index contributed by atoms with van der Waals surface area (Å²) in [5, 5.41) is 0. The van der Waals surface area contributed by atoms with E-state index in [0.717, 1.165) is 25.1 Å². The van der Waals surface area contributed by atoms with Crippen LogP contribution in [0.5, 0.6) is 0 Å². The lowest BCUT2D eigenvalue weighted by molar-refractivity contribution is 0.847. The van der Waals surface area contributed by atoms with Gasteiger partial charge in [-0.15, -0.1) is 0 Å². The summed E-state index contributed by atoms with van der Waals surface area (Å²) in [5.74, 6) is 0.978. The van der Waals surface area contributed by atoms with Crippen molar-refractivity contribution in [3.8, 4) is 0 Å². The molecule has 0 bridgehead atoms. The van der Waals surface area contributed by atoms with Gasteiger partial charge in [-0.3, -0.25) is 0 Å². The van der Waals surface area contributed by atoms with E-state index in [1.54, 1.807) is 0 Å². The molecule has 2 heteroatoms. The van der Waals surface area contributed by atoms with Crippen LogP contribution in [0.15, 0.2) is 6.07 Å². The number of hydrogen-bond acceptors (Lipinski definition) is 2. The fourth-order valence-electron chi connectivity index (χ4n) is 1.13. The van der Waals surface area contributed by atoms with E-state index < -0.39 is 0 Å². The summed E-state index contributed by atoms with van der Waals surface area (Å²) in [7, 11) is 0. The second-order valence-electron chi connectivity index (χ2n) is 2.83. The van der Waals surface area contributed by atoms with Crippen molar-refractivity contribution in [1.29, 1.82) is 0 Å². The Labute approximate surface area is 88.8 Å². The lowest BCUT2D eigenvalue weighted by Crippen LogP contribution is -2.01. The maximum absolute atomic E-state index is 4.41. The molecule has 0 fully saturated rings. The minimum Gasteiger partial charge on any atom is -0.238 e. The van der Waals surface area contributed by atoms with Crippen LogP contribution in [0.25, 0.3) is 0 Å². The molecule has 0 saturated carbocycles. The maximum atomic E-state index is 4.41. The lowest BCUT2D eigenvalue weighted by Gasteiger charge is -2.03. The Kier molecular flexibility index (Phi) is 8.31. The molecular weight excluding hydrogens is 172 g/mol. The van der Waals surface area contributed by atoms with Crippen LogP contribution in [0.1, 0.15) is 52.8 Å². The number of hydrogen-bond donors (Lipinski definition) is 0. The normalized spacial score (nSPS) is 8.79. The van der Waals surface area contributed by atoms with Crippen molar-refractivity contribution in [2.45, 2.75) is 54.9 Å². The van der Waals surface area contributed by atoms with Gasteiger partial charge in [-0.2, -0.15) is 0 Å². The Morgan fingerprint density at radius 2 is 1.29 bits per heavy atom. The standard InChI is InChI=1S/C10H16N2.2CH4/c1-4-8-7-9(5-2)12-10(6-3)11-8;;/h7H,4-6H2,1-3H3;2*1H4. The molecule has 0 aromatic carbocycles. The predicted octanol–water partition coefficient (Wildman–Crippen LogP) is 3.44. The van der Waals surface area contributed by atoms with E-state index in [1.165, 1.54) is 11.4 Å². The first-order valence-electron chi connectivity index (χ1n) is 4.65. The quantitative estimate of drug-likeness (QED) is 0.740. The van der Waals surface area contributed by atoms with E-state index in [9.17, 15) is 0 Å². The molecule has 1 aromatic heterocycles. The zero-order valence-electron chi connectivity index (χ0n) is 8.09. The van der Waals surface area contributed by atoms with Crippen LogP contribution < -0.4 is 0 Å². The molecule has 0 unspecified atom stereocenters. The molecule has 2 nitrogen and oxygen atoms in total. The minimum absolute atomic E-state index is 0. The third kappa shape index (κ3) is 3.86. The number of aryl methyl sites for hydroxylation is 3. The molecule has 0 aliphatic rings. The van der Waals surface area contributed by atoms with Gasteiger partial charge < -0.3 is 0 Å². The molecule has 0 aliphatic carbocycles. The minimum atomic E-state index is 0. The van der Waals surface area contributed by atoms with Gasteiger partial charge >= 0.3 is 0 Å². The van der Waals surface area contributed by atoms with Gasteiger partial charge in [-0.25, -0.2) is 9.97 Å². The zero-order valence-corrected chi connectivity index (χ0v) is 8.09. The van der Waals surface area contributed by atoms with Crippen LogP contribution in [-0.4, -0.2) is 9.97 Å². The van der Waals surface area contributed by atoms with E-state index in [0.29, 0.717) is 0 Å². The molecule has 0 radical (unpaired) electrons. The van der Waals surface area contributed by atoms with Gasteiger partial charge in [0.1, 0.15) is 5.82 Å². The third-order valence-corrected chi connectivity index (χ3v) is 1.92. The number of nitrogens with zero attached hydrogens (tertiary/aromatic N) is 2. The fourth-order valence-corrected chi connectivity index (χ4v) is 1.13. The van der Waals surface area contributed by atoms with Crippen molar-refractivity contribution < 1.29 is 0 Å². The summed E-state index contributed by atoms with van der Waals surface area (Å²) in [6.07, 6.45) is 2.94. The smallest absolute Gasteiger partial charge is 0.128 e. The monoisotopic (exact) mass is 196 g/mol. The van der Waals surface area contributed by atoms with Gasteiger partial charge in [0.2, 0.25) is 0 Å². The van der Waals surface area contributed by atoms with E-state index in [1.807, 2.05) is 0 Å². The van der Waals surface area contributed by atoms with E-state index >= 15 is 0 Å². The van der Waals surface area contributed by atoms with Crippen molar-refractivity contribution in [2.75, 3.05) is 0 Å². The molecule has 82 valence electrons. The highest BCUT2D eigenvalue weighted by Crippen LogP contribution is 2.03. The summed E-state index contributed by atoms with van der Waals surface area (Å²) in [4.78, 5) is 8.81. The molecule has 0 atom stereocenters. The summed E-state index contributed by atoms with van der Waals surface area (Å²) in [6, 6.07) is 2.10. The second-order valence-corrected chi connectivity index (χ2v) is 2.83. The average molecular weight is 196 g/mol. The van der Waals surface area contributed by atoms with Gasteiger partial charge in [0.25, 0.3) is 0 Å². The predicted molar refractivity (Wildman–Crippen MR) is 63.6 cm³/mol. The summed E-state index contributed by atoms with van der Waals surface area (Å²) >= 11 is 0. The Bertz CT molecular complexity index is 201. The summed E-state index contributed by atoms with van der Waals surface area (Å²) < 4.78 is 0. The van der Waals surface area contributed by atoms with Gasteiger partial charge in [0, 0.05) is 17.8 Å². The fraction of sp³-hybridized carbons (Fsp3) is 0.667. The highest BCUT2D eigenvalue weighted by atomic mass is 14.9. The van der Waals surface area contributed by atoms with E-state index in [2.05, 4.69) is 36.8 Å². The highest BCUT2D eigenvalue weighted by molar-refractivity contribution is 5.11. The molecule has 0 saturated heterocycles. The molecule has 0 aliphatic heterocycles. The SMILES string of the molecule is C.C.CCc1cc(CC)nc(CC)n1. The Hall–Kier alpha value is -0.920. The summed E-state index contributed by atoms with van der Waals surface area (Å²) in [5.41, 5.74) is 2.33. The molecular formula is C12H24N2. The molecule has 0 spiro atoms. The first kappa shape index (κ1) is 15.5. The highest BCUT2D eigenvalue weighted by Gasteiger charge is 1.99. The Balaban J connectivity index is 0. The number of rotatable bonds is 3. The van der Waals surface area contributed by atoms with Gasteiger partial charge in [-0.05, 0) is 18.9 Å². The third-order valence-electron chi connectivity index (χ3n) is 1.92. The lowest BCUT2D eigenvalue weighted by atomic mass is 10.2. The van der Waals surface area contributed by atoms with Crippen LogP contribution in [0, 0.1) is 0 Å². The molecule has 1 heterocycles. The zero-order chi connectivity index (χ0) is 8.97. The second kappa shape index (κ2) is 7.48. The summed E-state index contributed by atoms with van der Waals surface area (Å²) in [6.45, 7) is 6.34. The van der Waals surface area contributed by atoms with Crippen molar-refractivity contribution in [2.24, 2.45) is 0 Å². The van der Waals surface area contributed by atoms with Crippen LogP contribution in [0.4, 0.5) is 0 Å². The molecule has 14 heavy (non-hydrogen) atoms. The largest absolute Gasteiger partial charge is 0.238 e. The van der Waals surface area contributed by atoms with Crippen LogP contribution in [-0.2, 0) is 19.3 Å². The van der Waals surface area contributed by atoms with Crippen molar-refractivity contribution in [1.82, 2.24) is 9.97 Å². The molecule has 0 amide bonds. The molecule has 0 N–H and O–H groups in total. The maximum Gasteiger partial charge on any atom is 0.128 e. The van der Waals surface area contributed by atoms with Gasteiger partial charge in [0.15, 0.2) is 0 Å². The van der Waals surface area contributed by atoms with Crippen LogP contribution in [0.3, 0.4) is 0 Å². The van der Waals surface area contributed by atoms with E-state index in [-0.39, 0.29) is 14.9 Å². The number of aromatic nitrogens is 2.